The molecule has 11 heavy (non-hydrogen) atoms. The summed E-state index contributed by atoms with van der Waals surface area (Å²) in [5, 5.41) is 9.14. The Kier molecular flexibility index (Phi) is 2.84. The minimum Gasteiger partial charge on any atom is -0.383 e. The molecule has 4 nitrogen and oxygen atoms in total. The summed E-state index contributed by atoms with van der Waals surface area (Å²) in [6.45, 7) is 1.78. The largest absolute Gasteiger partial charge is 0.383 e. The predicted octanol–water partition coefficient (Wildman–Crippen LogP) is -1.07. The van der Waals surface area contributed by atoms with E-state index in [0.29, 0.717) is 19.5 Å². The lowest BCUT2D eigenvalue weighted by Gasteiger charge is -2.29. The van der Waals surface area contributed by atoms with Crippen LogP contribution in [0, 0.1) is 0 Å². The third-order valence-corrected chi connectivity index (χ3v) is 1.90. The molecule has 3 N–H and O–H groups in total. The SMILES string of the molecule is NCCN1CCC[C@H](O)C1=O. The molecular weight excluding hydrogens is 144 g/mol. The fourth-order valence-corrected chi connectivity index (χ4v) is 1.30. The van der Waals surface area contributed by atoms with Crippen LogP contribution < -0.4 is 5.73 Å². The smallest absolute Gasteiger partial charge is 0.251 e. The zero-order chi connectivity index (χ0) is 8.27. The number of likely N-dealkylation sites (tertiary alicyclic amines) is 1. The lowest BCUT2D eigenvalue weighted by atomic mass is 10.1. The summed E-state index contributed by atoms with van der Waals surface area (Å²) in [5.41, 5.74) is 5.29. The van der Waals surface area contributed by atoms with Gasteiger partial charge < -0.3 is 15.7 Å². The lowest BCUT2D eigenvalue weighted by molar-refractivity contribution is -0.143. The van der Waals surface area contributed by atoms with Gasteiger partial charge in [0.1, 0.15) is 6.10 Å². The molecule has 0 aromatic carbocycles. The molecule has 0 aliphatic carbocycles. The molecule has 1 atom stereocenters. The van der Waals surface area contributed by atoms with E-state index in [1.165, 1.54) is 0 Å². The van der Waals surface area contributed by atoms with Gasteiger partial charge in [0.25, 0.3) is 5.91 Å². The van der Waals surface area contributed by atoms with Crippen LogP contribution in [0.1, 0.15) is 12.8 Å². The van der Waals surface area contributed by atoms with Gasteiger partial charge in [-0.15, -0.1) is 0 Å². The van der Waals surface area contributed by atoms with Crippen LogP contribution in [0.25, 0.3) is 0 Å². The summed E-state index contributed by atoms with van der Waals surface area (Å²) in [6.07, 6.45) is 0.697. The highest BCUT2D eigenvalue weighted by Gasteiger charge is 2.25. The van der Waals surface area contributed by atoms with Gasteiger partial charge in [0.05, 0.1) is 0 Å². The Labute approximate surface area is 66.0 Å². The van der Waals surface area contributed by atoms with Crippen molar-refractivity contribution < 1.29 is 9.90 Å². The van der Waals surface area contributed by atoms with E-state index in [9.17, 15) is 4.79 Å². The molecule has 0 unspecified atom stereocenters. The summed E-state index contributed by atoms with van der Waals surface area (Å²) in [5.74, 6) is -0.165. The second-order valence-corrected chi connectivity index (χ2v) is 2.77. The number of piperidine rings is 1. The number of nitrogens with zero attached hydrogens (tertiary/aromatic N) is 1. The summed E-state index contributed by atoms with van der Waals surface area (Å²) in [4.78, 5) is 12.8. The van der Waals surface area contributed by atoms with Crippen LogP contribution >= 0.6 is 0 Å². The van der Waals surface area contributed by atoms with Crippen LogP contribution in [0.3, 0.4) is 0 Å². The van der Waals surface area contributed by atoms with Gasteiger partial charge in [0, 0.05) is 19.6 Å². The van der Waals surface area contributed by atoms with Crippen LogP contribution in [0.4, 0.5) is 0 Å². The summed E-state index contributed by atoms with van der Waals surface area (Å²) in [7, 11) is 0. The van der Waals surface area contributed by atoms with E-state index in [2.05, 4.69) is 0 Å². The first kappa shape index (κ1) is 8.49. The van der Waals surface area contributed by atoms with Crippen molar-refractivity contribution in [2.75, 3.05) is 19.6 Å². The van der Waals surface area contributed by atoms with Crippen molar-refractivity contribution >= 4 is 5.91 Å². The van der Waals surface area contributed by atoms with Gasteiger partial charge in [-0.2, -0.15) is 0 Å². The average molecular weight is 158 g/mol. The molecule has 1 amide bonds. The maximum Gasteiger partial charge on any atom is 0.251 e. The zero-order valence-corrected chi connectivity index (χ0v) is 6.49. The molecule has 1 rings (SSSR count). The molecule has 4 heteroatoms. The molecule has 64 valence electrons. The van der Waals surface area contributed by atoms with Gasteiger partial charge in [-0.05, 0) is 12.8 Å². The van der Waals surface area contributed by atoms with E-state index in [0.717, 1.165) is 13.0 Å². The standard InChI is InChI=1S/C7H14N2O2/c8-3-5-9-4-1-2-6(10)7(9)11/h6,10H,1-5,8H2/t6-/m0/s1. The molecule has 0 aromatic rings. The first-order valence-electron chi connectivity index (χ1n) is 3.92. The van der Waals surface area contributed by atoms with E-state index in [1.807, 2.05) is 0 Å². The van der Waals surface area contributed by atoms with Gasteiger partial charge in [0.15, 0.2) is 0 Å². The van der Waals surface area contributed by atoms with Gasteiger partial charge >= 0.3 is 0 Å². The van der Waals surface area contributed by atoms with Crippen molar-refractivity contribution in [2.45, 2.75) is 18.9 Å². The number of hydrogen-bond donors (Lipinski definition) is 2. The van der Waals surface area contributed by atoms with Crippen LogP contribution in [-0.2, 0) is 4.79 Å². The normalized spacial score (nSPS) is 25.8. The minimum atomic E-state index is -0.782. The van der Waals surface area contributed by atoms with E-state index < -0.39 is 6.10 Å². The monoisotopic (exact) mass is 158 g/mol. The molecule has 1 aliphatic heterocycles. The maximum atomic E-state index is 11.1. The van der Waals surface area contributed by atoms with Gasteiger partial charge in [0.2, 0.25) is 0 Å². The van der Waals surface area contributed by atoms with E-state index in [-0.39, 0.29) is 5.91 Å². The molecule has 1 saturated heterocycles. The lowest BCUT2D eigenvalue weighted by Crippen LogP contribution is -2.46. The summed E-state index contributed by atoms with van der Waals surface area (Å²) < 4.78 is 0. The first-order chi connectivity index (χ1) is 5.25. The van der Waals surface area contributed by atoms with Crippen molar-refractivity contribution in [1.82, 2.24) is 4.90 Å². The van der Waals surface area contributed by atoms with Crippen LogP contribution in [0.2, 0.25) is 0 Å². The highest BCUT2D eigenvalue weighted by Crippen LogP contribution is 2.10. The Hall–Kier alpha value is -0.610. The number of hydrogen-bond acceptors (Lipinski definition) is 3. The second kappa shape index (κ2) is 3.69. The molecule has 1 heterocycles. The summed E-state index contributed by atoms with van der Waals surface area (Å²) in [6, 6.07) is 0. The van der Waals surface area contributed by atoms with Crippen LogP contribution in [0.15, 0.2) is 0 Å². The van der Waals surface area contributed by atoms with Crippen molar-refractivity contribution in [3.63, 3.8) is 0 Å². The predicted molar refractivity (Wildman–Crippen MR) is 40.9 cm³/mol. The molecular formula is C7H14N2O2. The number of amides is 1. The Morgan fingerprint density at radius 1 is 1.73 bits per heavy atom. The van der Waals surface area contributed by atoms with Crippen LogP contribution in [-0.4, -0.2) is 41.7 Å². The summed E-state index contributed by atoms with van der Waals surface area (Å²) >= 11 is 0. The highest BCUT2D eigenvalue weighted by molar-refractivity contribution is 5.81. The number of carbonyl (C=O) groups excluding carboxylic acids is 1. The Morgan fingerprint density at radius 3 is 3.09 bits per heavy atom. The first-order valence-corrected chi connectivity index (χ1v) is 3.92. The number of rotatable bonds is 2. The maximum absolute atomic E-state index is 11.1. The number of nitrogens with two attached hydrogens (primary N) is 1. The van der Waals surface area contributed by atoms with Crippen molar-refractivity contribution in [3.8, 4) is 0 Å². The molecule has 0 spiro atoms. The third kappa shape index (κ3) is 1.91. The Morgan fingerprint density at radius 2 is 2.45 bits per heavy atom. The third-order valence-electron chi connectivity index (χ3n) is 1.90. The highest BCUT2D eigenvalue weighted by atomic mass is 16.3. The average Bonchev–Trinajstić information content (AvgIpc) is 1.99. The zero-order valence-electron chi connectivity index (χ0n) is 6.49. The molecule has 0 radical (unpaired) electrons. The molecule has 1 aliphatic rings. The second-order valence-electron chi connectivity index (χ2n) is 2.77. The fraction of sp³-hybridized carbons (Fsp3) is 0.857. The van der Waals surface area contributed by atoms with E-state index in [1.54, 1.807) is 4.90 Å². The Bertz CT molecular complexity index is 147. The molecule has 0 saturated carbocycles. The minimum absolute atomic E-state index is 0.165. The van der Waals surface area contributed by atoms with E-state index >= 15 is 0 Å². The van der Waals surface area contributed by atoms with Crippen molar-refractivity contribution in [3.05, 3.63) is 0 Å². The number of carbonyl (C=O) groups is 1. The number of aliphatic hydroxyl groups is 1. The van der Waals surface area contributed by atoms with Gasteiger partial charge in [-0.25, -0.2) is 0 Å². The quantitative estimate of drug-likeness (QED) is 0.537. The van der Waals surface area contributed by atoms with Gasteiger partial charge in [-0.1, -0.05) is 0 Å². The molecule has 0 bridgehead atoms. The van der Waals surface area contributed by atoms with Gasteiger partial charge in [-0.3, -0.25) is 4.79 Å². The molecule has 0 aromatic heterocycles. The Balaban J connectivity index is 2.44. The topological polar surface area (TPSA) is 66.6 Å². The van der Waals surface area contributed by atoms with E-state index in [4.69, 9.17) is 10.8 Å². The number of aliphatic hydroxyl groups excluding tert-OH is 1. The fourth-order valence-electron chi connectivity index (χ4n) is 1.30. The van der Waals surface area contributed by atoms with Crippen molar-refractivity contribution in [1.29, 1.82) is 0 Å². The molecule has 1 fully saturated rings. The van der Waals surface area contributed by atoms with Crippen LogP contribution in [0.5, 0.6) is 0 Å². The van der Waals surface area contributed by atoms with Crippen molar-refractivity contribution in [2.24, 2.45) is 5.73 Å².